The lowest BCUT2D eigenvalue weighted by Gasteiger charge is -2.06. The number of rotatable bonds is 6. The summed E-state index contributed by atoms with van der Waals surface area (Å²) in [7, 11) is 0. The number of aromatic hydroxyl groups is 1. The smallest absolute Gasteiger partial charge is 0.273 e. The summed E-state index contributed by atoms with van der Waals surface area (Å²) in [6, 6.07) is 14.5. The number of benzene rings is 1. The topological polar surface area (TPSA) is 91.3 Å². The number of nitrogens with zero attached hydrogens (tertiary/aromatic N) is 1. The Bertz CT molecular complexity index is 957. The third-order valence-electron chi connectivity index (χ3n) is 3.66. The van der Waals surface area contributed by atoms with Crippen LogP contribution in [0.4, 0.5) is 0 Å². The van der Waals surface area contributed by atoms with Crippen molar-refractivity contribution in [3.8, 4) is 16.2 Å². The molecule has 0 aliphatic heterocycles. The molecule has 2 amide bonds. The van der Waals surface area contributed by atoms with Crippen molar-refractivity contribution in [2.24, 2.45) is 0 Å². The third-order valence-corrected chi connectivity index (χ3v) is 5.32. The van der Waals surface area contributed by atoms with Gasteiger partial charge in [0.15, 0.2) is 5.69 Å². The maximum absolute atomic E-state index is 12.2. The van der Waals surface area contributed by atoms with Crippen LogP contribution < -0.4 is 10.6 Å². The molecule has 0 atom stereocenters. The minimum absolute atomic E-state index is 0.0405. The summed E-state index contributed by atoms with van der Waals surface area (Å²) in [4.78, 5) is 29.6. The third kappa shape index (κ3) is 4.93. The Morgan fingerprint density at radius 3 is 2.41 bits per heavy atom. The maximum atomic E-state index is 12.2. The van der Waals surface area contributed by atoms with Gasteiger partial charge in [-0.05, 0) is 42.0 Å². The molecule has 0 unspecified atom stereocenters. The highest BCUT2D eigenvalue weighted by Gasteiger charge is 2.12. The van der Waals surface area contributed by atoms with Crippen LogP contribution in [0.2, 0.25) is 0 Å². The van der Waals surface area contributed by atoms with Gasteiger partial charge in [0.25, 0.3) is 11.8 Å². The molecule has 1 aromatic carbocycles. The van der Waals surface area contributed by atoms with Crippen molar-refractivity contribution in [2.45, 2.75) is 0 Å². The normalized spacial score (nSPS) is 10.4. The number of halogens is 1. The van der Waals surface area contributed by atoms with Gasteiger partial charge in [-0.25, -0.2) is 4.98 Å². The largest absolute Gasteiger partial charge is 0.505 e. The van der Waals surface area contributed by atoms with Crippen molar-refractivity contribution >= 4 is 39.1 Å². The fraction of sp³-hybridized carbons (Fsp3) is 0.105. The molecule has 2 heterocycles. The molecule has 3 N–H and O–H groups in total. The highest BCUT2D eigenvalue weighted by atomic mass is 79.9. The van der Waals surface area contributed by atoms with E-state index >= 15 is 0 Å². The lowest BCUT2D eigenvalue weighted by Crippen LogP contribution is -2.34. The van der Waals surface area contributed by atoms with Crippen LogP contribution in [0.3, 0.4) is 0 Å². The number of hydrogen-bond donors (Lipinski definition) is 3. The Balaban J connectivity index is 1.49. The summed E-state index contributed by atoms with van der Waals surface area (Å²) >= 11 is 4.81. The molecule has 3 aromatic rings. The zero-order valence-corrected chi connectivity index (χ0v) is 16.5. The van der Waals surface area contributed by atoms with Gasteiger partial charge in [-0.1, -0.05) is 28.1 Å². The van der Waals surface area contributed by atoms with Gasteiger partial charge in [0, 0.05) is 28.6 Å². The van der Waals surface area contributed by atoms with Crippen LogP contribution >= 0.6 is 27.3 Å². The molecular formula is C19H16BrN3O3S. The fourth-order valence-electron chi connectivity index (χ4n) is 2.32. The molecule has 138 valence electrons. The van der Waals surface area contributed by atoms with Crippen molar-refractivity contribution < 1.29 is 14.7 Å². The van der Waals surface area contributed by atoms with Crippen LogP contribution in [-0.2, 0) is 0 Å². The van der Waals surface area contributed by atoms with Gasteiger partial charge in [-0.3, -0.25) is 9.59 Å². The molecule has 8 heteroatoms. The average Bonchev–Trinajstić information content (AvgIpc) is 3.16. The average molecular weight is 446 g/mol. The predicted octanol–water partition coefficient (Wildman–Crippen LogP) is 3.44. The van der Waals surface area contributed by atoms with E-state index < -0.39 is 5.91 Å². The SMILES string of the molecule is O=C(NCCNC(=O)c1ncccc1O)c1ccc(-c2ccc(Br)cc2)s1. The highest BCUT2D eigenvalue weighted by molar-refractivity contribution is 9.10. The monoisotopic (exact) mass is 445 g/mol. The summed E-state index contributed by atoms with van der Waals surface area (Å²) in [6.45, 7) is 0.495. The number of amides is 2. The second-order valence-electron chi connectivity index (χ2n) is 5.55. The fourth-order valence-corrected chi connectivity index (χ4v) is 3.52. The van der Waals surface area contributed by atoms with Gasteiger partial charge < -0.3 is 15.7 Å². The Morgan fingerprint density at radius 1 is 1.00 bits per heavy atom. The van der Waals surface area contributed by atoms with Gasteiger partial charge in [0.05, 0.1) is 4.88 Å². The first kappa shape index (κ1) is 19.1. The van der Waals surface area contributed by atoms with Gasteiger partial charge in [0.2, 0.25) is 0 Å². The molecule has 0 bridgehead atoms. The van der Waals surface area contributed by atoms with Gasteiger partial charge >= 0.3 is 0 Å². The summed E-state index contributed by atoms with van der Waals surface area (Å²) < 4.78 is 1.00. The zero-order chi connectivity index (χ0) is 19.2. The van der Waals surface area contributed by atoms with Gasteiger partial charge in [-0.2, -0.15) is 0 Å². The standard InChI is InChI=1S/C19H16BrN3O3S/c20-13-5-3-12(4-6-13)15-7-8-16(27-15)18(25)22-10-11-23-19(26)17-14(24)2-1-9-21-17/h1-9,24H,10-11H2,(H,22,25)(H,23,26). The van der Waals surface area contributed by atoms with E-state index in [0.29, 0.717) is 4.88 Å². The minimum atomic E-state index is -0.490. The Morgan fingerprint density at radius 2 is 1.70 bits per heavy atom. The Hall–Kier alpha value is -2.71. The van der Waals surface area contributed by atoms with E-state index in [9.17, 15) is 14.7 Å². The number of pyridine rings is 1. The summed E-state index contributed by atoms with van der Waals surface area (Å²) in [5.74, 6) is -0.868. The van der Waals surface area contributed by atoms with Crippen molar-refractivity contribution in [3.05, 3.63) is 69.8 Å². The molecule has 0 spiro atoms. The first-order valence-corrected chi connectivity index (χ1v) is 9.71. The first-order valence-electron chi connectivity index (χ1n) is 8.11. The van der Waals surface area contributed by atoms with Crippen molar-refractivity contribution in [1.29, 1.82) is 0 Å². The van der Waals surface area contributed by atoms with E-state index in [2.05, 4.69) is 31.5 Å². The van der Waals surface area contributed by atoms with E-state index in [0.717, 1.165) is 14.9 Å². The minimum Gasteiger partial charge on any atom is -0.505 e. The van der Waals surface area contributed by atoms with Crippen LogP contribution in [0.25, 0.3) is 10.4 Å². The summed E-state index contributed by atoms with van der Waals surface area (Å²) in [6.07, 6.45) is 1.43. The van der Waals surface area contributed by atoms with Crippen molar-refractivity contribution in [2.75, 3.05) is 13.1 Å². The molecule has 0 fully saturated rings. The van der Waals surface area contributed by atoms with Crippen molar-refractivity contribution in [3.63, 3.8) is 0 Å². The van der Waals surface area contributed by atoms with E-state index in [-0.39, 0.29) is 30.4 Å². The van der Waals surface area contributed by atoms with Crippen LogP contribution in [0, 0.1) is 0 Å². The lowest BCUT2D eigenvalue weighted by atomic mass is 10.2. The summed E-state index contributed by atoms with van der Waals surface area (Å²) in [5, 5.41) is 15.0. The quantitative estimate of drug-likeness (QED) is 0.506. The highest BCUT2D eigenvalue weighted by Crippen LogP contribution is 2.29. The number of nitrogens with one attached hydrogen (secondary N) is 2. The number of hydrogen-bond acceptors (Lipinski definition) is 5. The first-order chi connectivity index (χ1) is 13.0. The molecule has 2 aromatic heterocycles. The Kier molecular flexibility index (Phi) is 6.20. The molecule has 0 saturated heterocycles. The second-order valence-corrected chi connectivity index (χ2v) is 7.55. The van der Waals surface area contributed by atoms with Crippen LogP contribution in [0.15, 0.2) is 59.2 Å². The summed E-state index contributed by atoms with van der Waals surface area (Å²) in [5.41, 5.74) is 1.01. The Labute approximate surface area is 168 Å². The number of carbonyl (C=O) groups is 2. The lowest BCUT2D eigenvalue weighted by molar-refractivity contribution is 0.0925. The molecule has 0 radical (unpaired) electrons. The molecule has 6 nitrogen and oxygen atoms in total. The number of carbonyl (C=O) groups excluding carboxylic acids is 2. The molecule has 3 rings (SSSR count). The predicted molar refractivity (Wildman–Crippen MR) is 108 cm³/mol. The molecule has 27 heavy (non-hydrogen) atoms. The molecule has 0 saturated carbocycles. The molecule has 0 aliphatic rings. The zero-order valence-electron chi connectivity index (χ0n) is 14.1. The van der Waals surface area contributed by atoms with Crippen molar-refractivity contribution in [1.82, 2.24) is 15.6 Å². The van der Waals surface area contributed by atoms with Crippen LogP contribution in [0.1, 0.15) is 20.2 Å². The second kappa shape index (κ2) is 8.79. The van der Waals surface area contributed by atoms with Crippen LogP contribution in [0.5, 0.6) is 5.75 Å². The maximum Gasteiger partial charge on any atom is 0.273 e. The van der Waals surface area contributed by atoms with E-state index in [1.165, 1.54) is 29.7 Å². The van der Waals surface area contributed by atoms with Gasteiger partial charge in [-0.15, -0.1) is 11.3 Å². The van der Waals surface area contributed by atoms with E-state index in [1.54, 1.807) is 6.07 Å². The number of aromatic nitrogens is 1. The molecule has 0 aliphatic carbocycles. The van der Waals surface area contributed by atoms with Gasteiger partial charge in [0.1, 0.15) is 5.75 Å². The van der Waals surface area contributed by atoms with E-state index in [4.69, 9.17) is 0 Å². The molecular weight excluding hydrogens is 430 g/mol. The van der Waals surface area contributed by atoms with E-state index in [1.807, 2.05) is 30.3 Å². The van der Waals surface area contributed by atoms with Crippen LogP contribution in [-0.4, -0.2) is 35.0 Å². The number of thiophene rings is 1.